The Morgan fingerprint density at radius 3 is 3.00 bits per heavy atom. The lowest BCUT2D eigenvalue weighted by molar-refractivity contribution is 0.0957. The molecule has 0 saturated heterocycles. The van der Waals surface area contributed by atoms with Gasteiger partial charge in [-0.3, -0.25) is 10.2 Å². The molecule has 0 aliphatic carbocycles. The molecule has 0 unspecified atom stereocenters. The van der Waals surface area contributed by atoms with E-state index in [0.29, 0.717) is 10.6 Å². The Labute approximate surface area is 127 Å². The van der Waals surface area contributed by atoms with Crippen LogP contribution in [-0.2, 0) is 5.75 Å². The minimum absolute atomic E-state index is 0.251. The highest BCUT2D eigenvalue weighted by molar-refractivity contribution is 8.00. The normalized spacial score (nSPS) is 10.8. The minimum atomic E-state index is -0.251. The quantitative estimate of drug-likeness (QED) is 0.334. The fourth-order valence-corrected chi connectivity index (χ4v) is 4.60. The molecule has 0 saturated carbocycles. The zero-order chi connectivity index (χ0) is 13.9. The van der Waals surface area contributed by atoms with Crippen molar-refractivity contribution < 1.29 is 4.79 Å². The molecule has 3 rings (SSSR count). The summed E-state index contributed by atoms with van der Waals surface area (Å²) in [6.45, 7) is 0. The van der Waals surface area contributed by atoms with Crippen molar-refractivity contribution in [2.45, 2.75) is 10.1 Å². The number of aromatic nitrogens is 2. The van der Waals surface area contributed by atoms with Crippen LogP contribution in [0.5, 0.6) is 0 Å². The van der Waals surface area contributed by atoms with E-state index in [0.717, 1.165) is 20.0 Å². The summed E-state index contributed by atoms with van der Waals surface area (Å²) in [4.78, 5) is 12.6. The first-order valence-corrected chi connectivity index (χ1v) is 8.38. The molecule has 0 spiro atoms. The third-order valence-corrected chi connectivity index (χ3v) is 5.81. The molecule has 1 amide bonds. The predicted octanol–water partition coefficient (Wildman–Crippen LogP) is 2.65. The summed E-state index contributed by atoms with van der Waals surface area (Å²) < 4.78 is 1.97. The summed E-state index contributed by atoms with van der Waals surface area (Å²) in [6, 6.07) is 7.96. The third kappa shape index (κ3) is 2.55. The maximum absolute atomic E-state index is 11.9. The number of amides is 1. The second-order valence-electron chi connectivity index (χ2n) is 3.87. The van der Waals surface area contributed by atoms with Crippen LogP contribution in [0.3, 0.4) is 0 Å². The summed E-state index contributed by atoms with van der Waals surface area (Å²) in [5.74, 6) is 5.68. The molecule has 3 N–H and O–H groups in total. The Morgan fingerprint density at radius 1 is 1.40 bits per heavy atom. The molecule has 5 nitrogen and oxygen atoms in total. The smallest absolute Gasteiger partial charge is 0.275 e. The third-order valence-electron chi connectivity index (χ3n) is 2.72. The van der Waals surface area contributed by atoms with Gasteiger partial charge in [0.15, 0.2) is 4.34 Å². The molecule has 2 heterocycles. The van der Waals surface area contributed by atoms with Gasteiger partial charge < -0.3 is 0 Å². The molecule has 0 radical (unpaired) electrons. The van der Waals surface area contributed by atoms with Crippen molar-refractivity contribution in [3.8, 4) is 0 Å². The van der Waals surface area contributed by atoms with Crippen LogP contribution in [0.1, 0.15) is 15.2 Å². The standard InChI is InChI=1S/C12H10N4OS3/c13-15-11(17)10-8(5-18-12-16-14-6-19-12)7-3-1-2-4-9(7)20-10/h1-4,6H,5,13H2,(H,15,17). The largest absolute Gasteiger partial charge is 0.289 e. The van der Waals surface area contributed by atoms with Crippen LogP contribution in [0.15, 0.2) is 34.1 Å². The lowest BCUT2D eigenvalue weighted by atomic mass is 10.1. The maximum atomic E-state index is 11.9. The van der Waals surface area contributed by atoms with Gasteiger partial charge in [-0.05, 0) is 17.0 Å². The number of nitrogen functional groups attached to an aromatic ring is 1. The average Bonchev–Trinajstić information content (AvgIpc) is 3.11. The first-order valence-electron chi connectivity index (χ1n) is 5.70. The molecule has 2 aromatic heterocycles. The van der Waals surface area contributed by atoms with E-state index in [1.54, 1.807) is 17.3 Å². The lowest BCUT2D eigenvalue weighted by Gasteiger charge is -2.02. The molecule has 8 heteroatoms. The van der Waals surface area contributed by atoms with Crippen molar-refractivity contribution in [2.75, 3.05) is 0 Å². The predicted molar refractivity (Wildman–Crippen MR) is 82.9 cm³/mol. The lowest BCUT2D eigenvalue weighted by Crippen LogP contribution is -2.29. The summed E-state index contributed by atoms with van der Waals surface area (Å²) in [5.41, 5.74) is 4.90. The van der Waals surface area contributed by atoms with E-state index >= 15 is 0 Å². The van der Waals surface area contributed by atoms with E-state index < -0.39 is 0 Å². The van der Waals surface area contributed by atoms with Crippen LogP contribution in [0.4, 0.5) is 0 Å². The van der Waals surface area contributed by atoms with Crippen LogP contribution in [0.2, 0.25) is 0 Å². The number of thioether (sulfide) groups is 1. The van der Waals surface area contributed by atoms with Gasteiger partial charge in [0.05, 0.1) is 4.88 Å². The van der Waals surface area contributed by atoms with Gasteiger partial charge in [-0.25, -0.2) is 5.84 Å². The van der Waals surface area contributed by atoms with Gasteiger partial charge in [-0.1, -0.05) is 41.3 Å². The number of nitrogens with zero attached hydrogens (tertiary/aromatic N) is 2. The molecule has 0 aliphatic heterocycles. The highest BCUT2D eigenvalue weighted by atomic mass is 32.2. The van der Waals surface area contributed by atoms with E-state index in [-0.39, 0.29) is 5.91 Å². The van der Waals surface area contributed by atoms with Crippen molar-refractivity contribution in [1.29, 1.82) is 0 Å². The first-order chi connectivity index (χ1) is 9.79. The van der Waals surface area contributed by atoms with Crippen molar-refractivity contribution in [3.63, 3.8) is 0 Å². The van der Waals surface area contributed by atoms with E-state index in [1.165, 1.54) is 22.7 Å². The van der Waals surface area contributed by atoms with Crippen molar-refractivity contribution >= 4 is 50.4 Å². The molecular weight excluding hydrogens is 312 g/mol. The minimum Gasteiger partial charge on any atom is -0.289 e. The monoisotopic (exact) mass is 322 g/mol. The molecule has 0 bridgehead atoms. The number of hydrazine groups is 1. The van der Waals surface area contributed by atoms with E-state index in [4.69, 9.17) is 5.84 Å². The van der Waals surface area contributed by atoms with Crippen LogP contribution in [-0.4, -0.2) is 16.1 Å². The summed E-state index contributed by atoms with van der Waals surface area (Å²) in [7, 11) is 0. The number of carbonyl (C=O) groups excluding carboxylic acids is 1. The van der Waals surface area contributed by atoms with Gasteiger partial charge in [-0.2, -0.15) is 0 Å². The van der Waals surface area contributed by atoms with Crippen LogP contribution >= 0.6 is 34.4 Å². The number of thiophene rings is 1. The molecule has 0 atom stereocenters. The Balaban J connectivity index is 1.99. The highest BCUT2D eigenvalue weighted by Crippen LogP contribution is 2.35. The molecule has 3 aromatic rings. The highest BCUT2D eigenvalue weighted by Gasteiger charge is 2.18. The van der Waals surface area contributed by atoms with Gasteiger partial charge in [0.2, 0.25) is 0 Å². The molecule has 0 aliphatic rings. The topological polar surface area (TPSA) is 80.9 Å². The van der Waals surface area contributed by atoms with Crippen molar-refractivity contribution in [1.82, 2.24) is 15.6 Å². The average molecular weight is 322 g/mol. The number of nitrogens with two attached hydrogens (primary N) is 1. The van der Waals surface area contributed by atoms with Crippen LogP contribution < -0.4 is 11.3 Å². The number of hydrogen-bond acceptors (Lipinski definition) is 7. The second kappa shape index (κ2) is 5.88. The van der Waals surface area contributed by atoms with Crippen LogP contribution in [0, 0.1) is 0 Å². The van der Waals surface area contributed by atoms with Gasteiger partial charge in [0.1, 0.15) is 5.51 Å². The van der Waals surface area contributed by atoms with Crippen molar-refractivity contribution in [3.05, 3.63) is 40.2 Å². The summed E-state index contributed by atoms with van der Waals surface area (Å²) in [5, 5.41) is 8.90. The van der Waals surface area contributed by atoms with E-state index in [9.17, 15) is 4.79 Å². The van der Waals surface area contributed by atoms with Crippen LogP contribution in [0.25, 0.3) is 10.1 Å². The van der Waals surface area contributed by atoms with E-state index in [1.807, 2.05) is 24.3 Å². The van der Waals surface area contributed by atoms with Gasteiger partial charge in [-0.15, -0.1) is 21.5 Å². The number of carbonyl (C=O) groups is 1. The Hall–Kier alpha value is -1.48. The maximum Gasteiger partial charge on any atom is 0.275 e. The van der Waals surface area contributed by atoms with Gasteiger partial charge >= 0.3 is 0 Å². The molecule has 102 valence electrons. The van der Waals surface area contributed by atoms with Gasteiger partial charge in [0, 0.05) is 10.5 Å². The van der Waals surface area contributed by atoms with E-state index in [2.05, 4.69) is 15.6 Å². The number of fused-ring (bicyclic) bond motifs is 1. The van der Waals surface area contributed by atoms with Crippen molar-refractivity contribution in [2.24, 2.45) is 5.84 Å². The fourth-order valence-electron chi connectivity index (χ4n) is 1.85. The molecule has 0 fully saturated rings. The molecule has 1 aromatic carbocycles. The fraction of sp³-hybridized carbons (Fsp3) is 0.0833. The zero-order valence-electron chi connectivity index (χ0n) is 10.2. The number of rotatable bonds is 4. The molecular formula is C12H10N4OS3. The number of nitrogens with one attached hydrogen (secondary N) is 1. The molecule has 20 heavy (non-hydrogen) atoms. The summed E-state index contributed by atoms with van der Waals surface area (Å²) >= 11 is 4.52. The first kappa shape index (κ1) is 13.5. The number of benzene rings is 1. The Morgan fingerprint density at radius 2 is 2.25 bits per heavy atom. The second-order valence-corrected chi connectivity index (χ2v) is 6.98. The SMILES string of the molecule is NNC(=O)c1sc2ccccc2c1CSc1nncs1. The number of hydrogen-bond donors (Lipinski definition) is 2. The van der Waals surface area contributed by atoms with Gasteiger partial charge in [0.25, 0.3) is 5.91 Å². The Bertz CT molecular complexity index is 738. The summed E-state index contributed by atoms with van der Waals surface area (Å²) in [6.07, 6.45) is 0. The zero-order valence-corrected chi connectivity index (χ0v) is 12.6. The Kier molecular flexibility index (Phi) is 3.97.